The average molecular weight is 293 g/mol. The molecule has 5 N–H and O–H groups in total. The van der Waals surface area contributed by atoms with Crippen LogP contribution in [0.5, 0.6) is 0 Å². The number of nitrogens with one attached hydrogen (secondary N) is 2. The van der Waals surface area contributed by atoms with Crippen molar-refractivity contribution in [2.45, 2.75) is 13.0 Å². The van der Waals surface area contributed by atoms with E-state index in [4.69, 9.17) is 5.73 Å². The van der Waals surface area contributed by atoms with Gasteiger partial charge >= 0.3 is 0 Å². The minimum atomic E-state index is -0.621. The Balaban J connectivity index is 1.94. The van der Waals surface area contributed by atoms with Crippen molar-refractivity contribution in [3.8, 4) is 11.1 Å². The Morgan fingerprint density at radius 1 is 1.18 bits per heavy atom. The molecule has 1 aromatic carbocycles. The van der Waals surface area contributed by atoms with Gasteiger partial charge in [0.15, 0.2) is 0 Å². The Morgan fingerprint density at radius 2 is 2.05 bits per heavy atom. The molecule has 0 aliphatic rings. The van der Waals surface area contributed by atoms with Gasteiger partial charge < -0.3 is 20.8 Å². The molecule has 0 amide bonds. The van der Waals surface area contributed by atoms with E-state index in [9.17, 15) is 5.11 Å². The molecule has 0 aliphatic carbocycles. The van der Waals surface area contributed by atoms with E-state index in [0.29, 0.717) is 11.6 Å². The summed E-state index contributed by atoms with van der Waals surface area (Å²) in [7, 11) is 0. The van der Waals surface area contributed by atoms with Crippen LogP contribution in [-0.2, 0) is 0 Å². The number of rotatable bonds is 2. The Bertz CT molecular complexity index is 983. The van der Waals surface area contributed by atoms with E-state index in [1.165, 1.54) is 0 Å². The fourth-order valence-electron chi connectivity index (χ4n) is 2.69. The van der Waals surface area contributed by atoms with Gasteiger partial charge in [-0.1, -0.05) is 6.07 Å². The number of aromatic nitrogens is 4. The number of imidazole rings is 1. The third kappa shape index (κ3) is 1.93. The summed E-state index contributed by atoms with van der Waals surface area (Å²) in [5.41, 5.74) is 10.4. The summed E-state index contributed by atoms with van der Waals surface area (Å²) < 4.78 is 0. The van der Waals surface area contributed by atoms with Crippen molar-refractivity contribution in [3.63, 3.8) is 0 Å². The van der Waals surface area contributed by atoms with Crippen LogP contribution in [0, 0.1) is 0 Å². The van der Waals surface area contributed by atoms with Crippen LogP contribution in [0.15, 0.2) is 36.5 Å². The lowest BCUT2D eigenvalue weighted by Gasteiger charge is -2.05. The summed E-state index contributed by atoms with van der Waals surface area (Å²) in [5.74, 6) is 1.03. The fraction of sp³-hybridized carbons (Fsp3) is 0.125. The molecular formula is C16H15N5O. The molecule has 6 nitrogen and oxygen atoms in total. The Hall–Kier alpha value is -2.86. The Kier molecular flexibility index (Phi) is 2.67. The van der Waals surface area contributed by atoms with E-state index >= 15 is 0 Å². The molecule has 3 aromatic heterocycles. The molecule has 22 heavy (non-hydrogen) atoms. The van der Waals surface area contributed by atoms with E-state index < -0.39 is 6.10 Å². The monoisotopic (exact) mass is 293 g/mol. The highest BCUT2D eigenvalue weighted by molar-refractivity contribution is 5.96. The van der Waals surface area contributed by atoms with Crippen LogP contribution in [0.1, 0.15) is 18.9 Å². The van der Waals surface area contributed by atoms with Crippen LogP contribution in [0.3, 0.4) is 0 Å². The Labute approximate surface area is 126 Å². The van der Waals surface area contributed by atoms with E-state index in [2.05, 4.69) is 19.9 Å². The van der Waals surface area contributed by atoms with Crippen LogP contribution in [0.25, 0.3) is 33.2 Å². The zero-order valence-electron chi connectivity index (χ0n) is 12.0. The maximum absolute atomic E-state index is 9.64. The van der Waals surface area contributed by atoms with Gasteiger partial charge in [-0.25, -0.2) is 9.97 Å². The van der Waals surface area contributed by atoms with Crippen molar-refractivity contribution in [1.29, 1.82) is 0 Å². The summed E-state index contributed by atoms with van der Waals surface area (Å²) in [6.07, 6.45) is 1.23. The second-order valence-electron chi connectivity index (χ2n) is 5.36. The largest absolute Gasteiger partial charge is 0.385 e. The number of nitrogens with zero attached hydrogens (tertiary/aromatic N) is 2. The third-order valence-electron chi connectivity index (χ3n) is 3.76. The van der Waals surface area contributed by atoms with Gasteiger partial charge in [0.05, 0.1) is 11.0 Å². The van der Waals surface area contributed by atoms with Gasteiger partial charge in [-0.15, -0.1) is 0 Å². The predicted octanol–water partition coefficient (Wildman–Crippen LogP) is 2.74. The number of pyridine rings is 1. The Morgan fingerprint density at radius 3 is 2.86 bits per heavy atom. The standard InChI is InChI=1S/C16H15N5O/c1-8(22)15-19-12-3-2-9(6-13(12)20-15)11-7-14(17)21-16-10(11)4-5-18-16/h2-8,22H,1H3,(H,19,20)(H3,17,18,21). The van der Waals surface area contributed by atoms with Crippen molar-refractivity contribution in [3.05, 3.63) is 42.4 Å². The smallest absolute Gasteiger partial charge is 0.140 e. The van der Waals surface area contributed by atoms with E-state index in [1.54, 1.807) is 6.92 Å². The lowest BCUT2D eigenvalue weighted by Crippen LogP contribution is -1.92. The quantitative estimate of drug-likeness (QED) is 0.456. The van der Waals surface area contributed by atoms with Crippen LogP contribution in [-0.4, -0.2) is 25.0 Å². The molecule has 0 aliphatic heterocycles. The SMILES string of the molecule is CC(O)c1nc2ccc(-c3cc(N)nc4[nH]ccc34)cc2[nH]1. The van der Waals surface area contributed by atoms with Gasteiger partial charge in [-0.2, -0.15) is 0 Å². The number of H-pyrrole nitrogens is 2. The molecule has 1 atom stereocenters. The first-order valence-electron chi connectivity index (χ1n) is 7.03. The number of benzene rings is 1. The molecule has 0 saturated heterocycles. The van der Waals surface area contributed by atoms with Crippen LogP contribution in [0.4, 0.5) is 5.82 Å². The molecule has 0 spiro atoms. The van der Waals surface area contributed by atoms with E-state index in [-0.39, 0.29) is 0 Å². The molecule has 1 unspecified atom stereocenters. The molecular weight excluding hydrogens is 278 g/mol. The van der Waals surface area contributed by atoms with Crippen molar-refractivity contribution in [2.75, 3.05) is 5.73 Å². The number of aromatic amines is 2. The normalized spacial score (nSPS) is 13.0. The lowest BCUT2D eigenvalue weighted by molar-refractivity contribution is 0.190. The van der Waals surface area contributed by atoms with Gasteiger partial charge in [0.25, 0.3) is 0 Å². The van der Waals surface area contributed by atoms with Gasteiger partial charge in [0, 0.05) is 11.6 Å². The number of aliphatic hydroxyl groups excluding tert-OH is 1. The molecule has 0 radical (unpaired) electrons. The number of fused-ring (bicyclic) bond motifs is 2. The van der Waals surface area contributed by atoms with Gasteiger partial charge in [-0.05, 0) is 42.3 Å². The molecule has 0 bridgehead atoms. The van der Waals surface area contributed by atoms with E-state index in [0.717, 1.165) is 33.2 Å². The van der Waals surface area contributed by atoms with Crippen molar-refractivity contribution >= 4 is 27.9 Å². The fourth-order valence-corrected chi connectivity index (χ4v) is 2.69. The first-order valence-corrected chi connectivity index (χ1v) is 7.03. The lowest BCUT2D eigenvalue weighted by atomic mass is 10.0. The van der Waals surface area contributed by atoms with Gasteiger partial charge in [0.1, 0.15) is 23.4 Å². The predicted molar refractivity (Wildman–Crippen MR) is 86.2 cm³/mol. The molecule has 3 heterocycles. The number of hydrogen-bond donors (Lipinski definition) is 4. The molecule has 0 fully saturated rings. The summed E-state index contributed by atoms with van der Waals surface area (Å²) in [6, 6.07) is 9.78. The van der Waals surface area contributed by atoms with Crippen LogP contribution in [0.2, 0.25) is 0 Å². The van der Waals surface area contributed by atoms with Gasteiger partial charge in [0.2, 0.25) is 0 Å². The second-order valence-corrected chi connectivity index (χ2v) is 5.36. The molecule has 110 valence electrons. The van der Waals surface area contributed by atoms with Crippen molar-refractivity contribution in [1.82, 2.24) is 19.9 Å². The number of anilines is 1. The highest BCUT2D eigenvalue weighted by atomic mass is 16.3. The maximum Gasteiger partial charge on any atom is 0.140 e. The molecule has 4 aromatic rings. The first-order chi connectivity index (χ1) is 10.6. The molecule has 0 saturated carbocycles. The topological polar surface area (TPSA) is 104 Å². The first kappa shape index (κ1) is 12.8. The highest BCUT2D eigenvalue weighted by Crippen LogP contribution is 2.31. The highest BCUT2D eigenvalue weighted by Gasteiger charge is 2.11. The minimum absolute atomic E-state index is 0.472. The van der Waals surface area contributed by atoms with E-state index in [1.807, 2.05) is 36.5 Å². The van der Waals surface area contributed by atoms with Crippen molar-refractivity contribution in [2.24, 2.45) is 0 Å². The summed E-state index contributed by atoms with van der Waals surface area (Å²) >= 11 is 0. The van der Waals surface area contributed by atoms with Crippen LogP contribution < -0.4 is 5.73 Å². The number of aliphatic hydroxyl groups is 1. The number of nitrogens with two attached hydrogens (primary N) is 1. The second kappa shape index (κ2) is 4.57. The maximum atomic E-state index is 9.64. The number of nitrogen functional groups attached to an aromatic ring is 1. The van der Waals surface area contributed by atoms with Crippen molar-refractivity contribution < 1.29 is 5.11 Å². The molecule has 6 heteroatoms. The zero-order chi connectivity index (χ0) is 15.3. The van der Waals surface area contributed by atoms with Gasteiger partial charge in [-0.3, -0.25) is 0 Å². The molecule has 4 rings (SSSR count). The minimum Gasteiger partial charge on any atom is -0.385 e. The average Bonchev–Trinajstić information content (AvgIpc) is 3.11. The zero-order valence-corrected chi connectivity index (χ0v) is 12.0. The van der Waals surface area contributed by atoms with Crippen LogP contribution >= 0.6 is 0 Å². The summed E-state index contributed by atoms with van der Waals surface area (Å²) in [4.78, 5) is 14.9. The summed E-state index contributed by atoms with van der Waals surface area (Å²) in [6.45, 7) is 1.69. The summed E-state index contributed by atoms with van der Waals surface area (Å²) in [5, 5.41) is 10.7. The third-order valence-corrected chi connectivity index (χ3v) is 3.76. The number of hydrogen-bond acceptors (Lipinski definition) is 4.